The summed E-state index contributed by atoms with van der Waals surface area (Å²) in [5.41, 5.74) is 5.61. The van der Waals surface area contributed by atoms with Crippen LogP contribution < -0.4 is 5.73 Å². The van der Waals surface area contributed by atoms with E-state index < -0.39 is 12.5 Å². The van der Waals surface area contributed by atoms with Crippen molar-refractivity contribution >= 4 is 0 Å². The van der Waals surface area contributed by atoms with Crippen LogP contribution in [-0.4, -0.2) is 22.7 Å². The van der Waals surface area contributed by atoms with Crippen LogP contribution in [0.4, 0.5) is 8.78 Å². The summed E-state index contributed by atoms with van der Waals surface area (Å²) in [6.45, 7) is 0. The molecule has 0 fully saturated rings. The molecule has 0 amide bonds. The normalized spacial score (nSPS) is 13.1. The van der Waals surface area contributed by atoms with Crippen LogP contribution in [-0.2, 0) is 6.42 Å². The van der Waals surface area contributed by atoms with Crippen LogP contribution in [0.5, 0.6) is 11.5 Å². The van der Waals surface area contributed by atoms with E-state index in [0.29, 0.717) is 5.56 Å². The smallest absolute Gasteiger partial charge is 0.253 e. The molecule has 0 saturated carbocycles. The molecule has 0 aromatic heterocycles. The first-order valence-corrected chi connectivity index (χ1v) is 4.05. The van der Waals surface area contributed by atoms with Gasteiger partial charge in [0.05, 0.1) is 6.04 Å². The standard InChI is InChI=1S/C9H11F2NO2/c10-9(11)6(12)3-5-1-2-7(13)8(14)4-5/h1-2,4,6,9,13-14H,3,12H2/t6-/m0/s1. The van der Waals surface area contributed by atoms with Crippen molar-refractivity contribution in [2.24, 2.45) is 5.73 Å². The molecule has 0 heterocycles. The van der Waals surface area contributed by atoms with Crippen LogP contribution in [0, 0.1) is 0 Å². The van der Waals surface area contributed by atoms with E-state index in [0.717, 1.165) is 0 Å². The third kappa shape index (κ3) is 2.56. The number of hydrogen-bond acceptors (Lipinski definition) is 3. The van der Waals surface area contributed by atoms with Crippen LogP contribution in [0.3, 0.4) is 0 Å². The molecule has 0 aliphatic carbocycles. The second-order valence-corrected chi connectivity index (χ2v) is 3.03. The van der Waals surface area contributed by atoms with Gasteiger partial charge in [0.25, 0.3) is 6.43 Å². The SMILES string of the molecule is N[C@@H](Cc1ccc(O)c(O)c1)C(F)F. The maximum Gasteiger partial charge on any atom is 0.253 e. The lowest BCUT2D eigenvalue weighted by Gasteiger charge is -2.10. The third-order valence-corrected chi connectivity index (χ3v) is 1.83. The summed E-state index contributed by atoms with van der Waals surface area (Å²) >= 11 is 0. The average Bonchev–Trinajstić information content (AvgIpc) is 2.11. The molecule has 0 bridgehead atoms. The number of alkyl halides is 2. The fourth-order valence-corrected chi connectivity index (χ4v) is 1.06. The lowest BCUT2D eigenvalue weighted by molar-refractivity contribution is 0.116. The monoisotopic (exact) mass is 203 g/mol. The van der Waals surface area contributed by atoms with E-state index in [4.69, 9.17) is 15.9 Å². The highest BCUT2D eigenvalue weighted by Gasteiger charge is 2.15. The molecule has 0 unspecified atom stereocenters. The van der Waals surface area contributed by atoms with Crippen molar-refractivity contribution in [1.29, 1.82) is 0 Å². The molecule has 3 nitrogen and oxygen atoms in total. The maximum atomic E-state index is 12.1. The molecule has 0 aliphatic rings. The Morgan fingerprint density at radius 1 is 1.21 bits per heavy atom. The largest absolute Gasteiger partial charge is 0.504 e. The number of phenolic OH excluding ortho intramolecular Hbond substituents is 2. The predicted octanol–water partition coefficient (Wildman–Crippen LogP) is 1.23. The summed E-state index contributed by atoms with van der Waals surface area (Å²) in [5.74, 6) is -0.608. The highest BCUT2D eigenvalue weighted by Crippen LogP contribution is 2.25. The fourth-order valence-electron chi connectivity index (χ4n) is 1.06. The zero-order chi connectivity index (χ0) is 10.7. The summed E-state index contributed by atoms with van der Waals surface area (Å²) in [7, 11) is 0. The highest BCUT2D eigenvalue weighted by atomic mass is 19.3. The van der Waals surface area contributed by atoms with Crippen molar-refractivity contribution in [3.05, 3.63) is 23.8 Å². The Hall–Kier alpha value is -1.36. The predicted molar refractivity (Wildman–Crippen MR) is 47.5 cm³/mol. The van der Waals surface area contributed by atoms with Gasteiger partial charge in [-0.05, 0) is 24.1 Å². The molecule has 1 aromatic rings. The second-order valence-electron chi connectivity index (χ2n) is 3.03. The number of hydrogen-bond donors (Lipinski definition) is 3. The van der Waals surface area contributed by atoms with Crippen molar-refractivity contribution in [2.75, 3.05) is 0 Å². The minimum atomic E-state index is -2.59. The maximum absolute atomic E-state index is 12.1. The van der Waals surface area contributed by atoms with E-state index in [1.165, 1.54) is 18.2 Å². The topological polar surface area (TPSA) is 66.5 Å². The van der Waals surface area contributed by atoms with E-state index in [-0.39, 0.29) is 17.9 Å². The van der Waals surface area contributed by atoms with E-state index in [9.17, 15) is 8.78 Å². The molecule has 14 heavy (non-hydrogen) atoms. The summed E-state index contributed by atoms with van der Waals surface area (Å²) in [4.78, 5) is 0. The Morgan fingerprint density at radius 3 is 2.36 bits per heavy atom. The first kappa shape index (κ1) is 10.7. The molecule has 0 radical (unpaired) electrons. The van der Waals surface area contributed by atoms with E-state index in [2.05, 4.69) is 0 Å². The van der Waals surface area contributed by atoms with Crippen LogP contribution >= 0.6 is 0 Å². The summed E-state index contributed by atoms with van der Waals surface area (Å²) < 4.78 is 24.1. The van der Waals surface area contributed by atoms with Gasteiger partial charge in [0.2, 0.25) is 0 Å². The van der Waals surface area contributed by atoms with Crippen LogP contribution in [0.2, 0.25) is 0 Å². The van der Waals surface area contributed by atoms with E-state index in [1.54, 1.807) is 0 Å². The zero-order valence-electron chi connectivity index (χ0n) is 7.32. The van der Waals surface area contributed by atoms with E-state index in [1.807, 2.05) is 0 Å². The molecular weight excluding hydrogens is 192 g/mol. The fraction of sp³-hybridized carbons (Fsp3) is 0.333. The van der Waals surface area contributed by atoms with Gasteiger partial charge >= 0.3 is 0 Å². The van der Waals surface area contributed by atoms with Gasteiger partial charge < -0.3 is 15.9 Å². The number of aromatic hydroxyl groups is 2. The van der Waals surface area contributed by atoms with Crippen molar-refractivity contribution in [1.82, 2.24) is 0 Å². The second kappa shape index (κ2) is 4.23. The molecule has 4 N–H and O–H groups in total. The molecule has 1 atom stereocenters. The van der Waals surface area contributed by atoms with Gasteiger partial charge in [-0.1, -0.05) is 6.07 Å². The summed E-state index contributed by atoms with van der Waals surface area (Å²) in [6.07, 6.45) is -2.63. The molecule has 0 saturated heterocycles. The van der Waals surface area contributed by atoms with Gasteiger partial charge in [0, 0.05) is 0 Å². The highest BCUT2D eigenvalue weighted by molar-refractivity contribution is 5.40. The molecule has 5 heteroatoms. The molecule has 0 spiro atoms. The molecule has 1 aromatic carbocycles. The summed E-state index contributed by atoms with van der Waals surface area (Å²) in [6, 6.07) is 2.65. The van der Waals surface area contributed by atoms with Gasteiger partial charge in [-0.25, -0.2) is 8.78 Å². The zero-order valence-corrected chi connectivity index (χ0v) is 7.32. The number of phenols is 2. The Morgan fingerprint density at radius 2 is 1.86 bits per heavy atom. The van der Waals surface area contributed by atoms with Gasteiger partial charge in [-0.15, -0.1) is 0 Å². The minimum absolute atomic E-state index is 0.0362. The number of nitrogens with two attached hydrogens (primary N) is 1. The van der Waals surface area contributed by atoms with Gasteiger partial charge in [-0.3, -0.25) is 0 Å². The van der Waals surface area contributed by atoms with E-state index >= 15 is 0 Å². The lowest BCUT2D eigenvalue weighted by atomic mass is 10.1. The van der Waals surface area contributed by atoms with Crippen molar-refractivity contribution < 1.29 is 19.0 Å². The van der Waals surface area contributed by atoms with Crippen molar-refractivity contribution in [3.8, 4) is 11.5 Å². The minimum Gasteiger partial charge on any atom is -0.504 e. The average molecular weight is 203 g/mol. The van der Waals surface area contributed by atoms with Gasteiger partial charge in [0.15, 0.2) is 11.5 Å². The molecule has 78 valence electrons. The Balaban J connectivity index is 2.73. The van der Waals surface area contributed by atoms with Gasteiger partial charge in [-0.2, -0.15) is 0 Å². The quantitative estimate of drug-likeness (QED) is 0.647. The first-order valence-electron chi connectivity index (χ1n) is 4.05. The molecule has 0 aliphatic heterocycles. The number of benzene rings is 1. The summed E-state index contributed by atoms with van der Waals surface area (Å²) in [5, 5.41) is 18.0. The van der Waals surface area contributed by atoms with Crippen LogP contribution in [0.15, 0.2) is 18.2 Å². The van der Waals surface area contributed by atoms with Gasteiger partial charge in [0.1, 0.15) is 0 Å². The Labute approximate surface area is 79.8 Å². The first-order chi connectivity index (χ1) is 6.50. The lowest BCUT2D eigenvalue weighted by Crippen LogP contribution is -2.30. The van der Waals surface area contributed by atoms with Crippen LogP contribution in [0.1, 0.15) is 5.56 Å². The molecular formula is C9H11F2NO2. The third-order valence-electron chi connectivity index (χ3n) is 1.83. The Kier molecular flexibility index (Phi) is 3.24. The van der Waals surface area contributed by atoms with Crippen molar-refractivity contribution in [3.63, 3.8) is 0 Å². The molecule has 1 rings (SSSR count). The Bertz CT molecular complexity index is 318. The van der Waals surface area contributed by atoms with Crippen LogP contribution in [0.25, 0.3) is 0 Å². The number of halogens is 2. The van der Waals surface area contributed by atoms with Crippen molar-refractivity contribution in [2.45, 2.75) is 18.9 Å². The number of rotatable bonds is 3.